The van der Waals surface area contributed by atoms with Gasteiger partial charge in [-0.15, -0.1) is 0 Å². The Kier molecular flexibility index (Phi) is 51.3. The van der Waals surface area contributed by atoms with Gasteiger partial charge in [0.1, 0.15) is 48.4 Å². The number of Topliss-reactive ketones (excluding diaryl/α,β-unsaturated/α-hetero) is 1. The number of aliphatic hydroxyl groups excluding tert-OH is 8. The van der Waals surface area contributed by atoms with E-state index in [4.69, 9.17) is 85.3 Å². The number of nitro groups is 2. The monoisotopic (exact) mass is 1620 g/mol. The Morgan fingerprint density at radius 3 is 1.13 bits per heavy atom. The number of non-ortho nitro benzene ring substituents is 1. The second-order valence-corrected chi connectivity index (χ2v) is 26.5. The summed E-state index contributed by atoms with van der Waals surface area (Å²) in [5.41, 5.74) is -2.34. The van der Waals surface area contributed by atoms with Crippen LogP contribution in [0.3, 0.4) is 0 Å². The Morgan fingerprint density at radius 2 is 0.768 bits per heavy atom. The van der Waals surface area contributed by atoms with Crippen LogP contribution in [0.15, 0.2) is 18.2 Å². The number of ether oxygens (including phenoxy) is 18. The lowest BCUT2D eigenvalue weighted by atomic mass is 9.91. The van der Waals surface area contributed by atoms with E-state index in [9.17, 15) is 85.1 Å². The average molecular weight is 1620 g/mol. The molecule has 0 spiro atoms. The van der Waals surface area contributed by atoms with Crippen LogP contribution in [0.2, 0.25) is 0 Å². The van der Waals surface area contributed by atoms with Crippen LogP contribution in [-0.2, 0) is 109 Å². The van der Waals surface area contributed by atoms with E-state index >= 15 is 0 Å². The number of hydrogen-bond donors (Lipinski definition) is 13. The molecule has 3 fully saturated rings. The normalized spacial score (nSPS) is 24.4. The molecule has 42 nitrogen and oxygen atoms in total. The van der Waals surface area contributed by atoms with Crippen molar-refractivity contribution >= 4 is 46.5 Å². The van der Waals surface area contributed by atoms with Crippen molar-refractivity contribution in [1.82, 2.24) is 21.3 Å². The first-order valence-electron chi connectivity index (χ1n) is 37.8. The second-order valence-electron chi connectivity index (χ2n) is 26.5. The van der Waals surface area contributed by atoms with Gasteiger partial charge in [-0.2, -0.15) is 0 Å². The van der Waals surface area contributed by atoms with E-state index in [0.29, 0.717) is 6.42 Å². The minimum absolute atomic E-state index is 0.00918. The summed E-state index contributed by atoms with van der Waals surface area (Å²) in [5, 5.41) is 117. The zero-order valence-corrected chi connectivity index (χ0v) is 64.5. The molecule has 0 aromatic heterocycles. The van der Waals surface area contributed by atoms with Gasteiger partial charge in [-0.05, 0) is 12.5 Å². The quantitative estimate of drug-likeness (QED) is 0.0171. The highest BCUT2D eigenvalue weighted by Crippen LogP contribution is 2.31. The molecule has 3 aliphatic rings. The van der Waals surface area contributed by atoms with Gasteiger partial charge in [0.05, 0.1) is 225 Å². The molecule has 4 rings (SSSR count). The molecule has 0 radical (unpaired) electrons. The number of rotatable bonds is 66. The number of carbonyl (C=O) groups excluding carboxylic acids is 5. The molecule has 0 aliphatic carbocycles. The van der Waals surface area contributed by atoms with E-state index in [1.807, 2.05) is 6.92 Å². The van der Waals surface area contributed by atoms with Crippen LogP contribution in [0.1, 0.15) is 66.2 Å². The lowest BCUT2D eigenvalue weighted by Crippen LogP contribution is -2.58. The van der Waals surface area contributed by atoms with Gasteiger partial charge in [-0.1, -0.05) is 27.7 Å². The van der Waals surface area contributed by atoms with Gasteiger partial charge in [0.15, 0.2) is 24.7 Å². The van der Waals surface area contributed by atoms with Crippen molar-refractivity contribution in [3.63, 3.8) is 0 Å². The number of aliphatic hydroxyl groups is 8. The summed E-state index contributed by atoms with van der Waals surface area (Å²) < 4.78 is 102. The molecular formula is C70H121N7O35. The molecule has 15 atom stereocenters. The molecule has 1 aromatic rings. The van der Waals surface area contributed by atoms with Crippen LogP contribution < -0.4 is 26.6 Å². The van der Waals surface area contributed by atoms with Crippen LogP contribution in [-0.4, -0.2) is 377 Å². The van der Waals surface area contributed by atoms with Crippen molar-refractivity contribution in [2.24, 2.45) is 17.8 Å². The number of carbonyl (C=O) groups is 5. The molecule has 3 heterocycles. The Balaban J connectivity index is 1.26. The lowest BCUT2D eigenvalue weighted by Gasteiger charge is -2.41. The Labute approximate surface area is 650 Å². The van der Waals surface area contributed by atoms with Crippen LogP contribution in [0.5, 0.6) is 0 Å². The Hall–Kier alpha value is -5.67. The summed E-state index contributed by atoms with van der Waals surface area (Å²) in [4.78, 5) is 86.8. The molecule has 0 bridgehead atoms. The maximum atomic E-state index is 13.9. The van der Waals surface area contributed by atoms with Crippen molar-refractivity contribution in [3.05, 3.63) is 38.4 Å². The van der Waals surface area contributed by atoms with Crippen molar-refractivity contribution in [1.29, 1.82) is 0 Å². The van der Waals surface area contributed by atoms with E-state index in [0.717, 1.165) is 12.1 Å². The fourth-order valence-electron chi connectivity index (χ4n) is 11.1. The number of nitrogens with one attached hydrogen (secondary N) is 5. The fraction of sp³-hybridized carbons (Fsp3) is 0.843. The van der Waals surface area contributed by atoms with E-state index in [2.05, 4.69) is 26.6 Å². The molecule has 646 valence electrons. The van der Waals surface area contributed by atoms with E-state index < -0.39 is 161 Å². The number of anilines is 1. The molecule has 42 heteroatoms. The van der Waals surface area contributed by atoms with Crippen molar-refractivity contribution in [2.45, 2.75) is 146 Å². The molecule has 112 heavy (non-hydrogen) atoms. The Morgan fingerprint density at radius 1 is 0.420 bits per heavy atom. The number of nitro benzene ring substituents is 2. The highest BCUT2D eigenvalue weighted by Gasteiger charge is 2.45. The van der Waals surface area contributed by atoms with Crippen LogP contribution in [0.4, 0.5) is 17.1 Å². The van der Waals surface area contributed by atoms with Gasteiger partial charge in [0.25, 0.3) is 11.4 Å². The van der Waals surface area contributed by atoms with Crippen LogP contribution >= 0.6 is 0 Å². The number of nitrogens with zero attached hydrogens (tertiary/aromatic N) is 2. The number of benzene rings is 1. The minimum Gasteiger partial charge on any atom is -0.394 e. The summed E-state index contributed by atoms with van der Waals surface area (Å²) in [6.07, 6.45) is -12.3. The Bertz CT molecular complexity index is 2590. The van der Waals surface area contributed by atoms with Gasteiger partial charge in [-0.25, -0.2) is 0 Å². The average Bonchev–Trinajstić information content (AvgIpc) is 0.837. The molecule has 4 amide bonds. The molecule has 15 unspecified atom stereocenters. The highest BCUT2D eigenvalue weighted by molar-refractivity contribution is 5.86. The SMILES string of the molecule is CCC1OC(OCCOCCOCCNC(=O)CCOCC(COCCC(=O)NCCOCCOCCOC2OC(CO)C(O)C(O)C2C)(COCCC(=O)NCCOCCOCCOC2OC(CO)C(O)C(O)C2C)NC(=O)CCC(=O)COCCOCCOCCNc2ccc([N+](=O)[O-])cc2[N+](=O)[O-])C(C)C(O)C1O. The summed E-state index contributed by atoms with van der Waals surface area (Å²) >= 11 is 0. The van der Waals surface area contributed by atoms with Gasteiger partial charge < -0.3 is 153 Å². The maximum absolute atomic E-state index is 13.9. The number of amides is 4. The standard InChI is InChI=1S/C70H121N7O35/c1-5-54-64(88)61(85)47(2)67(110-54)107-37-34-100-29-25-96-21-14-72-57(81)10-17-104-44-70(45-105-18-11-58(82)73-15-22-97-26-30-101-35-38-108-68-48(3)62(86)65(89)55(41-78)111-68,46-106-19-12-59(83)74-16-23-98-27-31-102-36-39-109-69-49(4)63(87)66(90)56(42-79)112-69)75-60(84)9-7-51(80)43-103-33-32-99-28-24-95-20-13-71-52-8-6-50(76(91)92)40-53(52)77(93)94/h6,8,40,47-49,54-56,61-69,71,78-79,85-90H,5,7,9-39,41-46H2,1-4H3,(H,72,81)(H,73,82)(H,74,83)(H,75,84). The topological polar surface area (TPSA) is 560 Å². The van der Waals surface area contributed by atoms with Crippen LogP contribution in [0.25, 0.3) is 0 Å². The number of hydrogen-bond acceptors (Lipinski definition) is 36. The van der Waals surface area contributed by atoms with Gasteiger partial charge in [-0.3, -0.25) is 44.2 Å². The predicted octanol–water partition coefficient (Wildman–Crippen LogP) is -3.47. The summed E-state index contributed by atoms with van der Waals surface area (Å²) in [7, 11) is 0. The minimum atomic E-state index is -1.54. The predicted molar refractivity (Wildman–Crippen MR) is 388 cm³/mol. The molecule has 13 N–H and O–H groups in total. The fourth-order valence-corrected chi connectivity index (χ4v) is 11.1. The third-order valence-corrected chi connectivity index (χ3v) is 17.7. The molecule has 0 saturated carbocycles. The summed E-state index contributed by atoms with van der Waals surface area (Å²) in [6.45, 7) is 7.54. The first-order chi connectivity index (χ1) is 54.0. The first kappa shape index (κ1) is 98.7. The van der Waals surface area contributed by atoms with Crippen molar-refractivity contribution in [3.8, 4) is 0 Å². The number of ketones is 1. The van der Waals surface area contributed by atoms with Gasteiger partial charge in [0, 0.05) is 82.1 Å². The third-order valence-electron chi connectivity index (χ3n) is 17.7. The largest absolute Gasteiger partial charge is 0.394 e. The molecular weight excluding hydrogens is 1500 g/mol. The van der Waals surface area contributed by atoms with E-state index in [-0.39, 0.29) is 242 Å². The van der Waals surface area contributed by atoms with Crippen molar-refractivity contribution in [2.75, 3.05) is 223 Å². The molecule has 1 aromatic carbocycles. The molecule has 3 aliphatic heterocycles. The smallest absolute Gasteiger partial charge is 0.299 e. The van der Waals surface area contributed by atoms with E-state index in [1.165, 1.54) is 6.07 Å². The third kappa shape index (κ3) is 39.3. The first-order valence-corrected chi connectivity index (χ1v) is 37.8. The van der Waals surface area contributed by atoms with Crippen LogP contribution in [0, 0.1) is 38.0 Å². The second kappa shape index (κ2) is 58.2. The zero-order valence-electron chi connectivity index (χ0n) is 64.5. The van der Waals surface area contributed by atoms with Gasteiger partial charge >= 0.3 is 0 Å². The molecule has 3 saturated heterocycles. The zero-order chi connectivity index (χ0) is 81.9. The summed E-state index contributed by atoms with van der Waals surface area (Å²) in [5.74, 6) is -3.84. The van der Waals surface area contributed by atoms with Crippen molar-refractivity contribution < 1.29 is 160 Å². The highest BCUT2D eigenvalue weighted by atomic mass is 16.7. The van der Waals surface area contributed by atoms with E-state index in [1.54, 1.807) is 20.8 Å². The summed E-state index contributed by atoms with van der Waals surface area (Å²) in [6, 6.07) is 3.24. The maximum Gasteiger partial charge on any atom is 0.299 e. The van der Waals surface area contributed by atoms with Gasteiger partial charge in [0.2, 0.25) is 23.6 Å². The lowest BCUT2D eigenvalue weighted by molar-refractivity contribution is -0.393.